The zero-order valence-corrected chi connectivity index (χ0v) is 16.4. The van der Waals surface area contributed by atoms with Crippen molar-refractivity contribution in [1.29, 1.82) is 0 Å². The molecule has 0 aliphatic carbocycles. The normalized spacial score (nSPS) is 15.0. The second kappa shape index (κ2) is 8.80. The average Bonchev–Trinajstić information content (AvgIpc) is 3.03. The minimum absolute atomic E-state index is 0.120. The fourth-order valence-corrected chi connectivity index (χ4v) is 2.99. The molecule has 1 aliphatic rings. The monoisotopic (exact) mass is 400 g/mol. The number of hydrazine groups is 1. The van der Waals surface area contributed by atoms with Crippen LogP contribution >= 0.6 is 11.6 Å². The third-order valence-electron chi connectivity index (χ3n) is 4.15. The largest absolute Gasteiger partial charge is 0.493 e. The van der Waals surface area contributed by atoms with Crippen LogP contribution in [0.25, 0.3) is 6.08 Å². The van der Waals surface area contributed by atoms with E-state index in [-0.39, 0.29) is 6.10 Å². The number of ether oxygens (including phenoxy) is 2. The van der Waals surface area contributed by atoms with E-state index in [1.54, 1.807) is 30.3 Å². The number of carbonyl (C=O) groups is 2. The van der Waals surface area contributed by atoms with E-state index in [4.69, 9.17) is 21.1 Å². The molecule has 146 valence electrons. The summed E-state index contributed by atoms with van der Waals surface area (Å²) in [4.78, 5) is 24.1. The highest BCUT2D eigenvalue weighted by atomic mass is 35.5. The molecule has 3 rings (SSSR count). The Bertz CT molecular complexity index is 909. The van der Waals surface area contributed by atoms with Gasteiger partial charge >= 0.3 is 0 Å². The fraction of sp³-hybridized carbons (Fsp3) is 0.238. The Morgan fingerprint density at radius 3 is 2.71 bits per heavy atom. The number of halogens is 1. The van der Waals surface area contributed by atoms with Crippen LogP contribution in [0.2, 0.25) is 5.02 Å². The summed E-state index contributed by atoms with van der Waals surface area (Å²) in [6.45, 7) is 4.42. The number of fused-ring (bicyclic) bond motifs is 1. The Labute approximate surface area is 168 Å². The van der Waals surface area contributed by atoms with Crippen molar-refractivity contribution in [3.05, 3.63) is 64.2 Å². The minimum Gasteiger partial charge on any atom is -0.493 e. The maximum Gasteiger partial charge on any atom is 0.269 e. The lowest BCUT2D eigenvalue weighted by molar-refractivity contribution is -0.117. The number of carbonyl (C=O) groups excluding carboxylic acids is 2. The molecule has 2 amide bonds. The van der Waals surface area contributed by atoms with Crippen molar-refractivity contribution in [2.24, 2.45) is 0 Å². The van der Waals surface area contributed by atoms with Gasteiger partial charge in [0.05, 0.1) is 6.61 Å². The second-order valence-corrected chi connectivity index (χ2v) is 6.78. The van der Waals surface area contributed by atoms with E-state index in [0.29, 0.717) is 22.9 Å². The van der Waals surface area contributed by atoms with Crippen LogP contribution in [-0.2, 0) is 11.2 Å². The van der Waals surface area contributed by atoms with E-state index >= 15 is 0 Å². The number of benzene rings is 2. The van der Waals surface area contributed by atoms with Crippen LogP contribution in [0.15, 0.2) is 42.5 Å². The van der Waals surface area contributed by atoms with Crippen molar-refractivity contribution in [3.8, 4) is 11.5 Å². The predicted octanol–water partition coefficient (Wildman–Crippen LogP) is 3.54. The van der Waals surface area contributed by atoms with E-state index < -0.39 is 11.8 Å². The summed E-state index contributed by atoms with van der Waals surface area (Å²) < 4.78 is 11.4. The molecule has 2 N–H and O–H groups in total. The van der Waals surface area contributed by atoms with Gasteiger partial charge in [0.25, 0.3) is 11.8 Å². The molecule has 0 unspecified atom stereocenters. The molecule has 6 nitrogen and oxygen atoms in total. The van der Waals surface area contributed by atoms with E-state index in [9.17, 15) is 9.59 Å². The first-order valence-corrected chi connectivity index (χ1v) is 9.34. The SMILES string of the molecule is CCOc1cc2c(cc1/C=C/C(=O)NNC(=O)c1ccc(Cl)cc1)O[C@H](C)C2. The van der Waals surface area contributed by atoms with Crippen molar-refractivity contribution in [3.63, 3.8) is 0 Å². The summed E-state index contributed by atoms with van der Waals surface area (Å²) in [7, 11) is 0. The van der Waals surface area contributed by atoms with Gasteiger partial charge in [-0.3, -0.25) is 20.4 Å². The van der Waals surface area contributed by atoms with E-state index in [2.05, 4.69) is 10.9 Å². The van der Waals surface area contributed by atoms with E-state index in [1.165, 1.54) is 6.08 Å². The van der Waals surface area contributed by atoms with Crippen LogP contribution in [-0.4, -0.2) is 24.5 Å². The Balaban J connectivity index is 1.64. The van der Waals surface area contributed by atoms with Crippen molar-refractivity contribution in [2.75, 3.05) is 6.61 Å². The molecular weight excluding hydrogens is 380 g/mol. The van der Waals surface area contributed by atoms with E-state index in [0.717, 1.165) is 23.3 Å². The number of nitrogens with one attached hydrogen (secondary N) is 2. The van der Waals surface area contributed by atoms with E-state index in [1.807, 2.05) is 26.0 Å². The quantitative estimate of drug-likeness (QED) is 0.594. The van der Waals surface area contributed by atoms with Gasteiger partial charge in [0.2, 0.25) is 0 Å². The Morgan fingerprint density at radius 2 is 2.00 bits per heavy atom. The number of amides is 2. The molecule has 0 bridgehead atoms. The van der Waals surface area contributed by atoms with Crippen molar-refractivity contribution in [1.82, 2.24) is 10.9 Å². The first-order valence-electron chi connectivity index (χ1n) is 8.96. The van der Waals surface area contributed by atoms with Crippen LogP contribution < -0.4 is 20.3 Å². The van der Waals surface area contributed by atoms with Crippen LogP contribution in [0.4, 0.5) is 0 Å². The number of rotatable bonds is 5. The maximum atomic E-state index is 12.1. The third kappa shape index (κ3) is 4.84. The number of hydrogen-bond donors (Lipinski definition) is 2. The van der Waals surface area contributed by atoms with Gasteiger partial charge in [-0.05, 0) is 56.3 Å². The Hall–Kier alpha value is -2.99. The van der Waals surface area contributed by atoms with Crippen molar-refractivity contribution in [2.45, 2.75) is 26.4 Å². The predicted molar refractivity (Wildman–Crippen MR) is 107 cm³/mol. The molecule has 2 aromatic carbocycles. The highest BCUT2D eigenvalue weighted by molar-refractivity contribution is 6.30. The van der Waals surface area contributed by atoms with Gasteiger partial charge in [0, 0.05) is 34.2 Å². The molecular formula is C21H21ClN2O4. The van der Waals surface area contributed by atoms with Gasteiger partial charge < -0.3 is 9.47 Å². The molecule has 0 aromatic heterocycles. The first-order chi connectivity index (χ1) is 13.5. The molecule has 0 radical (unpaired) electrons. The zero-order valence-electron chi connectivity index (χ0n) is 15.6. The summed E-state index contributed by atoms with van der Waals surface area (Å²) in [6.07, 6.45) is 3.90. The van der Waals surface area contributed by atoms with Gasteiger partial charge in [-0.2, -0.15) is 0 Å². The molecule has 0 saturated heterocycles. The van der Waals surface area contributed by atoms with Gasteiger partial charge in [0.1, 0.15) is 17.6 Å². The lowest BCUT2D eigenvalue weighted by Crippen LogP contribution is -2.40. The van der Waals surface area contributed by atoms with Crippen LogP contribution in [0.5, 0.6) is 11.5 Å². The molecule has 1 atom stereocenters. The summed E-state index contributed by atoms with van der Waals surface area (Å²) >= 11 is 5.79. The summed E-state index contributed by atoms with van der Waals surface area (Å²) in [5.41, 5.74) is 6.91. The topological polar surface area (TPSA) is 76.7 Å². The molecule has 0 spiro atoms. The lowest BCUT2D eigenvalue weighted by Gasteiger charge is -2.10. The molecule has 0 saturated carbocycles. The smallest absolute Gasteiger partial charge is 0.269 e. The second-order valence-electron chi connectivity index (χ2n) is 6.35. The number of hydrogen-bond acceptors (Lipinski definition) is 4. The van der Waals surface area contributed by atoms with Crippen LogP contribution in [0.3, 0.4) is 0 Å². The molecule has 2 aromatic rings. The highest BCUT2D eigenvalue weighted by Crippen LogP contribution is 2.35. The van der Waals surface area contributed by atoms with Gasteiger partial charge in [0.15, 0.2) is 0 Å². The summed E-state index contributed by atoms with van der Waals surface area (Å²) in [6, 6.07) is 10.1. The molecule has 0 fully saturated rings. The third-order valence-corrected chi connectivity index (χ3v) is 4.40. The van der Waals surface area contributed by atoms with Gasteiger partial charge in [-0.25, -0.2) is 0 Å². The highest BCUT2D eigenvalue weighted by Gasteiger charge is 2.21. The fourth-order valence-electron chi connectivity index (χ4n) is 2.86. The molecule has 28 heavy (non-hydrogen) atoms. The van der Waals surface area contributed by atoms with Crippen LogP contribution in [0.1, 0.15) is 35.3 Å². The summed E-state index contributed by atoms with van der Waals surface area (Å²) in [5.74, 6) is 0.577. The van der Waals surface area contributed by atoms with Gasteiger partial charge in [-0.15, -0.1) is 0 Å². The molecule has 1 aliphatic heterocycles. The van der Waals surface area contributed by atoms with Crippen molar-refractivity contribution >= 4 is 29.5 Å². The molecule has 1 heterocycles. The van der Waals surface area contributed by atoms with Crippen LogP contribution in [0, 0.1) is 0 Å². The molecule has 7 heteroatoms. The Kier molecular flexibility index (Phi) is 6.21. The van der Waals surface area contributed by atoms with Crippen molar-refractivity contribution < 1.29 is 19.1 Å². The average molecular weight is 401 g/mol. The Morgan fingerprint density at radius 1 is 1.25 bits per heavy atom. The standard InChI is InChI=1S/C21H21ClN2O4/c1-3-27-18-12-16-10-13(2)28-19(16)11-15(18)6-9-20(25)23-24-21(26)14-4-7-17(22)8-5-14/h4-9,11-13H,3,10H2,1-2H3,(H,23,25)(H,24,26)/b9-6+/t13-/m1/s1. The maximum absolute atomic E-state index is 12.1. The van der Waals surface area contributed by atoms with Gasteiger partial charge in [-0.1, -0.05) is 11.6 Å². The zero-order chi connectivity index (χ0) is 20.1. The lowest BCUT2D eigenvalue weighted by atomic mass is 10.1. The minimum atomic E-state index is -0.473. The first kappa shape index (κ1) is 19.8. The summed E-state index contributed by atoms with van der Waals surface area (Å²) in [5, 5.41) is 0.529.